The summed E-state index contributed by atoms with van der Waals surface area (Å²) in [5, 5.41) is 0. The third-order valence-electron chi connectivity index (χ3n) is 1.68. The van der Waals surface area contributed by atoms with Crippen molar-refractivity contribution >= 4 is 0 Å². The Bertz CT molecular complexity index is 97.6. The van der Waals surface area contributed by atoms with Crippen LogP contribution in [0.1, 0.15) is 19.8 Å². The molecule has 1 rings (SSSR count). The molecule has 60 valence electrons. The van der Waals surface area contributed by atoms with Crippen molar-refractivity contribution in [1.82, 2.24) is 0 Å². The van der Waals surface area contributed by atoms with E-state index in [9.17, 15) is 0 Å². The number of hydrogen-bond donors (Lipinski definition) is 1. The number of hydrogen-bond acceptors (Lipinski definition) is 3. The fourth-order valence-corrected chi connectivity index (χ4v) is 1.15. The summed E-state index contributed by atoms with van der Waals surface area (Å²) in [6.45, 7) is 3.31. The molecule has 3 nitrogen and oxygen atoms in total. The maximum atomic E-state index is 5.41. The van der Waals surface area contributed by atoms with Crippen molar-refractivity contribution in [2.45, 2.75) is 32.2 Å². The van der Waals surface area contributed by atoms with Crippen molar-refractivity contribution in [1.29, 1.82) is 0 Å². The van der Waals surface area contributed by atoms with E-state index in [1.165, 1.54) is 0 Å². The molecule has 0 aliphatic carbocycles. The summed E-state index contributed by atoms with van der Waals surface area (Å²) in [5.41, 5.74) is 5.41. The molecule has 1 aliphatic heterocycles. The van der Waals surface area contributed by atoms with Gasteiger partial charge in [0.25, 0.3) is 0 Å². The molecule has 0 aromatic rings. The smallest absolute Gasteiger partial charge is 0.158 e. The second-order valence-electron chi connectivity index (χ2n) is 2.46. The van der Waals surface area contributed by atoms with Gasteiger partial charge in [-0.25, -0.2) is 0 Å². The average molecular weight is 145 g/mol. The van der Waals surface area contributed by atoms with Gasteiger partial charge >= 0.3 is 0 Å². The molecular weight excluding hydrogens is 130 g/mol. The summed E-state index contributed by atoms with van der Waals surface area (Å²) in [6.07, 6.45) is 2.28. The lowest BCUT2D eigenvalue weighted by Gasteiger charge is -2.11. The van der Waals surface area contributed by atoms with Gasteiger partial charge in [-0.3, -0.25) is 0 Å². The molecule has 0 aromatic heterocycles. The van der Waals surface area contributed by atoms with E-state index >= 15 is 0 Å². The Morgan fingerprint density at radius 1 is 1.60 bits per heavy atom. The van der Waals surface area contributed by atoms with Gasteiger partial charge in [-0.2, -0.15) is 0 Å². The van der Waals surface area contributed by atoms with Crippen LogP contribution in [0.15, 0.2) is 0 Å². The Morgan fingerprint density at radius 3 is 2.90 bits per heavy atom. The van der Waals surface area contributed by atoms with E-state index in [4.69, 9.17) is 15.2 Å². The second kappa shape index (κ2) is 3.91. The predicted molar refractivity (Wildman–Crippen MR) is 38.6 cm³/mol. The first kappa shape index (κ1) is 7.98. The van der Waals surface area contributed by atoms with Crippen molar-refractivity contribution in [2.75, 3.05) is 13.2 Å². The topological polar surface area (TPSA) is 44.5 Å². The van der Waals surface area contributed by atoms with E-state index in [-0.39, 0.29) is 12.4 Å². The van der Waals surface area contributed by atoms with E-state index in [0.29, 0.717) is 6.54 Å². The Balaban J connectivity index is 2.15. The zero-order valence-electron chi connectivity index (χ0n) is 6.38. The molecule has 0 saturated carbocycles. The van der Waals surface area contributed by atoms with Crippen LogP contribution in [0.25, 0.3) is 0 Å². The molecule has 0 bridgehead atoms. The highest BCUT2D eigenvalue weighted by molar-refractivity contribution is 4.68. The molecule has 1 heterocycles. The standard InChI is InChI=1S/C7H15NO2/c1-2-9-7-4-3-6(5-8)10-7/h6-7H,2-5,8H2,1H3/t6?,7-/m0/s1. The summed E-state index contributed by atoms with van der Waals surface area (Å²) in [6, 6.07) is 0. The quantitative estimate of drug-likeness (QED) is 0.628. The number of ether oxygens (including phenoxy) is 2. The van der Waals surface area contributed by atoms with Gasteiger partial charge in [-0.15, -0.1) is 0 Å². The summed E-state index contributed by atoms with van der Waals surface area (Å²) >= 11 is 0. The molecule has 3 heteroatoms. The molecular formula is C7H15NO2. The van der Waals surface area contributed by atoms with Crippen molar-refractivity contribution in [3.63, 3.8) is 0 Å². The van der Waals surface area contributed by atoms with Crippen LogP contribution >= 0.6 is 0 Å². The molecule has 1 aliphatic rings. The van der Waals surface area contributed by atoms with E-state index in [2.05, 4.69) is 0 Å². The molecule has 1 saturated heterocycles. The van der Waals surface area contributed by atoms with E-state index in [1.807, 2.05) is 6.92 Å². The Labute approximate surface area is 61.5 Å². The minimum Gasteiger partial charge on any atom is -0.353 e. The zero-order chi connectivity index (χ0) is 7.40. The van der Waals surface area contributed by atoms with E-state index in [0.717, 1.165) is 19.4 Å². The maximum absolute atomic E-state index is 5.41. The average Bonchev–Trinajstić information content (AvgIpc) is 2.37. The third kappa shape index (κ3) is 1.94. The highest BCUT2D eigenvalue weighted by Crippen LogP contribution is 2.19. The fourth-order valence-electron chi connectivity index (χ4n) is 1.15. The van der Waals surface area contributed by atoms with E-state index in [1.54, 1.807) is 0 Å². The van der Waals surface area contributed by atoms with E-state index < -0.39 is 0 Å². The maximum Gasteiger partial charge on any atom is 0.158 e. The van der Waals surface area contributed by atoms with Gasteiger partial charge < -0.3 is 15.2 Å². The second-order valence-corrected chi connectivity index (χ2v) is 2.46. The van der Waals surface area contributed by atoms with Gasteiger partial charge in [0.1, 0.15) is 0 Å². The fraction of sp³-hybridized carbons (Fsp3) is 1.00. The van der Waals surface area contributed by atoms with Crippen LogP contribution in [0.4, 0.5) is 0 Å². The van der Waals surface area contributed by atoms with Gasteiger partial charge in [0.2, 0.25) is 0 Å². The molecule has 0 amide bonds. The summed E-state index contributed by atoms with van der Waals surface area (Å²) in [5.74, 6) is 0. The van der Waals surface area contributed by atoms with Gasteiger partial charge in [0, 0.05) is 19.6 Å². The summed E-state index contributed by atoms with van der Waals surface area (Å²) in [7, 11) is 0. The summed E-state index contributed by atoms with van der Waals surface area (Å²) in [4.78, 5) is 0. The van der Waals surface area contributed by atoms with Crippen molar-refractivity contribution in [3.05, 3.63) is 0 Å². The van der Waals surface area contributed by atoms with Crippen LogP contribution in [-0.4, -0.2) is 25.5 Å². The lowest BCUT2D eigenvalue weighted by molar-refractivity contribution is -0.127. The zero-order valence-corrected chi connectivity index (χ0v) is 6.38. The highest BCUT2D eigenvalue weighted by Gasteiger charge is 2.23. The Morgan fingerprint density at radius 2 is 2.40 bits per heavy atom. The van der Waals surface area contributed by atoms with Crippen LogP contribution < -0.4 is 5.73 Å². The first-order valence-corrected chi connectivity index (χ1v) is 3.84. The molecule has 10 heavy (non-hydrogen) atoms. The van der Waals surface area contributed by atoms with Crippen LogP contribution in [-0.2, 0) is 9.47 Å². The molecule has 2 N–H and O–H groups in total. The van der Waals surface area contributed by atoms with Crippen LogP contribution in [0.5, 0.6) is 0 Å². The van der Waals surface area contributed by atoms with Gasteiger partial charge in [-0.1, -0.05) is 0 Å². The molecule has 0 spiro atoms. The molecule has 2 atom stereocenters. The van der Waals surface area contributed by atoms with Crippen molar-refractivity contribution in [3.8, 4) is 0 Å². The third-order valence-corrected chi connectivity index (χ3v) is 1.68. The van der Waals surface area contributed by atoms with Gasteiger partial charge in [-0.05, 0) is 13.3 Å². The lowest BCUT2D eigenvalue weighted by atomic mass is 10.2. The molecule has 1 unspecified atom stereocenters. The van der Waals surface area contributed by atoms with Gasteiger partial charge in [0.15, 0.2) is 6.29 Å². The largest absolute Gasteiger partial charge is 0.353 e. The monoisotopic (exact) mass is 145 g/mol. The lowest BCUT2D eigenvalue weighted by Crippen LogP contribution is -2.21. The van der Waals surface area contributed by atoms with Crippen LogP contribution in [0.2, 0.25) is 0 Å². The van der Waals surface area contributed by atoms with Crippen molar-refractivity contribution < 1.29 is 9.47 Å². The van der Waals surface area contributed by atoms with Crippen molar-refractivity contribution in [2.24, 2.45) is 5.73 Å². The Kier molecular flexibility index (Phi) is 3.12. The highest BCUT2D eigenvalue weighted by atomic mass is 16.7. The molecule has 1 fully saturated rings. The normalized spacial score (nSPS) is 33.0. The number of nitrogens with two attached hydrogens (primary N) is 1. The SMILES string of the molecule is CCO[C@@H]1CCC(CN)O1. The first-order valence-electron chi connectivity index (χ1n) is 3.84. The summed E-state index contributed by atoms with van der Waals surface area (Å²) < 4.78 is 10.7. The van der Waals surface area contributed by atoms with Crippen LogP contribution in [0, 0.1) is 0 Å². The van der Waals surface area contributed by atoms with Gasteiger partial charge in [0.05, 0.1) is 6.10 Å². The first-order chi connectivity index (χ1) is 4.86. The Hall–Kier alpha value is -0.120. The minimum absolute atomic E-state index is 0.0125. The molecule has 0 aromatic carbocycles. The molecule has 0 radical (unpaired) electrons. The number of rotatable bonds is 3. The predicted octanol–water partition coefficient (Wildman–Crippen LogP) is 0.487. The van der Waals surface area contributed by atoms with Crippen LogP contribution in [0.3, 0.4) is 0 Å². The minimum atomic E-state index is 0.0125.